The molecule has 0 saturated carbocycles. The molecule has 24 heavy (non-hydrogen) atoms. The topological polar surface area (TPSA) is 47.5 Å². The molecule has 0 amide bonds. The summed E-state index contributed by atoms with van der Waals surface area (Å²) in [5.74, 6) is -0.318. The molecule has 2 aliphatic heterocycles. The standard InChI is InChI=1S/C17H20FN3O2S/c1-12-9-24-15(20-12)8-21-10-17(11-21)7-13(4-6-22-17)23-16-14(18)3-2-5-19-16/h2-3,5,9,13H,4,6-8,10-11H2,1H3/t13-/m1/s1. The number of halogens is 1. The molecular formula is C17H20FN3O2S. The molecule has 0 radical (unpaired) electrons. The van der Waals surface area contributed by atoms with Crippen molar-refractivity contribution in [1.29, 1.82) is 0 Å². The van der Waals surface area contributed by atoms with Crippen molar-refractivity contribution in [3.63, 3.8) is 0 Å². The highest BCUT2D eigenvalue weighted by Crippen LogP contribution is 2.36. The normalized spacial score (nSPS) is 23.2. The predicted octanol–water partition coefficient (Wildman–Crippen LogP) is 2.80. The zero-order valence-electron chi connectivity index (χ0n) is 13.6. The second-order valence-electron chi connectivity index (χ2n) is 6.58. The number of hydrogen-bond acceptors (Lipinski definition) is 6. The second-order valence-corrected chi connectivity index (χ2v) is 7.52. The minimum Gasteiger partial charge on any atom is -0.472 e. The van der Waals surface area contributed by atoms with E-state index in [-0.39, 0.29) is 17.6 Å². The van der Waals surface area contributed by atoms with Crippen LogP contribution in [0.5, 0.6) is 5.88 Å². The van der Waals surface area contributed by atoms with Gasteiger partial charge in [0.2, 0.25) is 0 Å². The maximum Gasteiger partial charge on any atom is 0.250 e. The van der Waals surface area contributed by atoms with Crippen LogP contribution in [0.2, 0.25) is 0 Å². The first kappa shape index (κ1) is 15.9. The summed E-state index contributed by atoms with van der Waals surface area (Å²) in [6.07, 6.45) is 3.04. The molecule has 0 N–H and O–H groups in total. The van der Waals surface area contributed by atoms with Crippen LogP contribution in [0.1, 0.15) is 23.5 Å². The van der Waals surface area contributed by atoms with E-state index < -0.39 is 5.82 Å². The maximum absolute atomic E-state index is 13.7. The van der Waals surface area contributed by atoms with Crippen LogP contribution in [0.3, 0.4) is 0 Å². The van der Waals surface area contributed by atoms with E-state index in [0.29, 0.717) is 6.61 Å². The van der Waals surface area contributed by atoms with Crippen molar-refractivity contribution in [2.75, 3.05) is 19.7 Å². The average molecular weight is 349 g/mol. The van der Waals surface area contributed by atoms with Crippen molar-refractivity contribution in [3.05, 3.63) is 40.2 Å². The number of likely N-dealkylation sites (tertiary alicyclic amines) is 1. The molecule has 7 heteroatoms. The molecular weight excluding hydrogens is 329 g/mol. The lowest BCUT2D eigenvalue weighted by Crippen LogP contribution is -2.65. The van der Waals surface area contributed by atoms with Gasteiger partial charge in [0.05, 0.1) is 18.8 Å². The minimum absolute atomic E-state index is 0.0487. The molecule has 1 spiro atoms. The van der Waals surface area contributed by atoms with Crippen molar-refractivity contribution in [3.8, 4) is 5.88 Å². The highest BCUT2D eigenvalue weighted by molar-refractivity contribution is 7.09. The first-order chi connectivity index (χ1) is 11.6. The fourth-order valence-electron chi connectivity index (χ4n) is 3.47. The van der Waals surface area contributed by atoms with Gasteiger partial charge >= 0.3 is 0 Å². The SMILES string of the molecule is Cc1csc(CN2CC3(C[C@H](Oc4ncccc4F)CCO3)C2)n1. The number of nitrogens with zero attached hydrogens (tertiary/aromatic N) is 3. The van der Waals surface area contributed by atoms with E-state index in [9.17, 15) is 4.39 Å². The van der Waals surface area contributed by atoms with Crippen molar-refractivity contribution in [2.24, 2.45) is 0 Å². The van der Waals surface area contributed by atoms with Crippen LogP contribution >= 0.6 is 11.3 Å². The van der Waals surface area contributed by atoms with Gasteiger partial charge < -0.3 is 9.47 Å². The maximum atomic E-state index is 13.7. The molecule has 4 heterocycles. The van der Waals surface area contributed by atoms with Crippen LogP contribution in [-0.4, -0.2) is 46.3 Å². The Morgan fingerprint density at radius 2 is 2.38 bits per heavy atom. The fraction of sp³-hybridized carbons (Fsp3) is 0.529. The third kappa shape index (κ3) is 3.29. The van der Waals surface area contributed by atoms with Gasteiger partial charge in [-0.05, 0) is 19.1 Å². The molecule has 0 aromatic carbocycles. The predicted molar refractivity (Wildman–Crippen MR) is 88.7 cm³/mol. The first-order valence-corrected chi connectivity index (χ1v) is 9.04. The Morgan fingerprint density at radius 1 is 1.50 bits per heavy atom. The summed E-state index contributed by atoms with van der Waals surface area (Å²) in [4.78, 5) is 10.8. The fourth-order valence-corrected chi connectivity index (χ4v) is 4.28. The van der Waals surface area contributed by atoms with Gasteiger partial charge in [-0.2, -0.15) is 0 Å². The van der Waals surface area contributed by atoms with Crippen molar-refractivity contribution >= 4 is 11.3 Å². The number of ether oxygens (including phenoxy) is 2. The van der Waals surface area contributed by atoms with E-state index in [1.54, 1.807) is 23.6 Å². The summed E-state index contributed by atoms with van der Waals surface area (Å²) in [7, 11) is 0. The van der Waals surface area contributed by atoms with Gasteiger partial charge in [0.25, 0.3) is 5.88 Å². The van der Waals surface area contributed by atoms with Gasteiger partial charge in [0.1, 0.15) is 11.1 Å². The number of rotatable bonds is 4. The molecule has 2 aromatic heterocycles. The zero-order chi connectivity index (χ0) is 16.6. The van der Waals surface area contributed by atoms with Crippen LogP contribution < -0.4 is 4.74 Å². The molecule has 2 aromatic rings. The smallest absolute Gasteiger partial charge is 0.250 e. The van der Waals surface area contributed by atoms with Gasteiger partial charge in [-0.25, -0.2) is 14.4 Å². The first-order valence-electron chi connectivity index (χ1n) is 8.16. The van der Waals surface area contributed by atoms with Crippen LogP contribution in [0.4, 0.5) is 4.39 Å². The van der Waals surface area contributed by atoms with Crippen LogP contribution in [-0.2, 0) is 11.3 Å². The average Bonchev–Trinajstić information content (AvgIpc) is 2.94. The van der Waals surface area contributed by atoms with E-state index in [1.165, 1.54) is 6.07 Å². The van der Waals surface area contributed by atoms with E-state index in [4.69, 9.17) is 9.47 Å². The highest BCUT2D eigenvalue weighted by Gasteiger charge is 2.48. The summed E-state index contributed by atoms with van der Waals surface area (Å²) in [5.41, 5.74) is 0.908. The number of pyridine rings is 1. The van der Waals surface area contributed by atoms with Gasteiger partial charge in [0, 0.05) is 43.2 Å². The number of hydrogen-bond donors (Lipinski definition) is 0. The van der Waals surface area contributed by atoms with Gasteiger partial charge in [-0.1, -0.05) is 0 Å². The molecule has 0 unspecified atom stereocenters. The summed E-state index contributed by atoms with van der Waals surface area (Å²) < 4.78 is 25.5. The third-order valence-electron chi connectivity index (χ3n) is 4.50. The Morgan fingerprint density at radius 3 is 3.12 bits per heavy atom. The molecule has 5 nitrogen and oxygen atoms in total. The van der Waals surface area contributed by atoms with E-state index >= 15 is 0 Å². The summed E-state index contributed by atoms with van der Waals surface area (Å²) in [6.45, 7) is 5.26. The Hall–Kier alpha value is -1.57. The van der Waals surface area contributed by atoms with Crippen LogP contribution in [0.25, 0.3) is 0 Å². The largest absolute Gasteiger partial charge is 0.472 e. The van der Waals surface area contributed by atoms with E-state index in [0.717, 1.165) is 43.2 Å². The third-order valence-corrected chi connectivity index (χ3v) is 5.45. The van der Waals surface area contributed by atoms with Crippen LogP contribution in [0.15, 0.2) is 23.7 Å². The number of thiazole rings is 1. The Kier molecular flexibility index (Phi) is 4.24. The quantitative estimate of drug-likeness (QED) is 0.849. The Labute approximate surface area is 144 Å². The molecule has 1 atom stereocenters. The zero-order valence-corrected chi connectivity index (χ0v) is 14.4. The minimum atomic E-state index is -0.410. The van der Waals surface area contributed by atoms with Gasteiger partial charge in [-0.15, -0.1) is 11.3 Å². The highest BCUT2D eigenvalue weighted by atomic mass is 32.1. The summed E-state index contributed by atoms with van der Waals surface area (Å²) in [5, 5.41) is 3.22. The van der Waals surface area contributed by atoms with Gasteiger partial charge in [0.15, 0.2) is 5.82 Å². The molecule has 2 saturated heterocycles. The molecule has 128 valence electrons. The Bertz CT molecular complexity index is 717. The van der Waals surface area contributed by atoms with Crippen molar-refractivity contribution in [2.45, 2.75) is 38.0 Å². The molecule has 0 bridgehead atoms. The van der Waals surface area contributed by atoms with Gasteiger partial charge in [-0.3, -0.25) is 4.90 Å². The van der Waals surface area contributed by atoms with E-state index in [2.05, 4.69) is 20.2 Å². The monoisotopic (exact) mass is 349 g/mol. The molecule has 2 aliphatic rings. The summed E-state index contributed by atoms with van der Waals surface area (Å²) in [6, 6.07) is 2.94. The van der Waals surface area contributed by atoms with Crippen molar-refractivity contribution < 1.29 is 13.9 Å². The van der Waals surface area contributed by atoms with Crippen LogP contribution in [0, 0.1) is 12.7 Å². The van der Waals surface area contributed by atoms with E-state index in [1.807, 2.05) is 6.92 Å². The second kappa shape index (κ2) is 6.38. The van der Waals surface area contributed by atoms with Crippen molar-refractivity contribution in [1.82, 2.24) is 14.9 Å². The Balaban J connectivity index is 1.33. The lowest BCUT2D eigenvalue weighted by Gasteiger charge is -2.52. The number of aryl methyl sites for hydroxylation is 1. The lowest BCUT2D eigenvalue weighted by molar-refractivity contribution is -0.188. The number of aromatic nitrogens is 2. The molecule has 4 rings (SSSR count). The molecule has 2 fully saturated rings. The summed E-state index contributed by atoms with van der Waals surface area (Å²) >= 11 is 1.70. The lowest BCUT2D eigenvalue weighted by atomic mass is 9.84. The molecule has 0 aliphatic carbocycles.